The number of rotatable bonds is 2. The van der Waals surface area contributed by atoms with E-state index >= 15 is 0 Å². The molecule has 1 unspecified atom stereocenters. The third-order valence-electron chi connectivity index (χ3n) is 4.11. The summed E-state index contributed by atoms with van der Waals surface area (Å²) in [5.41, 5.74) is 2.75. The molecule has 3 heteroatoms. The van der Waals surface area contributed by atoms with Gasteiger partial charge in [-0.3, -0.25) is 0 Å². The number of aryl methyl sites for hydroxylation is 1. The quantitative estimate of drug-likeness (QED) is 0.792. The summed E-state index contributed by atoms with van der Waals surface area (Å²) in [5, 5.41) is 8.88. The van der Waals surface area contributed by atoms with Gasteiger partial charge in [0.1, 0.15) is 0 Å². The lowest BCUT2D eigenvalue weighted by molar-refractivity contribution is 0.276. The second kappa shape index (κ2) is 5.54. The van der Waals surface area contributed by atoms with Crippen molar-refractivity contribution < 1.29 is 0 Å². The fraction of sp³-hybridized carbons (Fsp3) is 0.562. The van der Waals surface area contributed by atoms with Gasteiger partial charge in [-0.2, -0.15) is 5.26 Å². The lowest BCUT2D eigenvalue weighted by Crippen LogP contribution is -2.50. The van der Waals surface area contributed by atoms with E-state index in [4.69, 9.17) is 5.26 Å². The topological polar surface area (TPSA) is 27.0 Å². The number of anilines is 1. The van der Waals surface area contributed by atoms with Crippen molar-refractivity contribution in [3.8, 4) is 6.07 Å². The lowest BCUT2D eigenvalue weighted by Gasteiger charge is -2.47. The Hall–Kier alpha value is -1.01. The van der Waals surface area contributed by atoms with Crippen molar-refractivity contribution in [1.82, 2.24) is 0 Å². The van der Waals surface area contributed by atoms with Gasteiger partial charge in [0.15, 0.2) is 0 Å². The van der Waals surface area contributed by atoms with Gasteiger partial charge in [-0.15, -0.1) is 0 Å². The molecule has 2 nitrogen and oxygen atoms in total. The molecule has 0 aromatic heterocycles. The molecule has 0 radical (unpaired) electrons. The van der Waals surface area contributed by atoms with Crippen molar-refractivity contribution in [2.24, 2.45) is 5.92 Å². The van der Waals surface area contributed by atoms with E-state index in [1.807, 2.05) is 0 Å². The predicted octanol–water partition coefficient (Wildman–Crippen LogP) is 4.67. The van der Waals surface area contributed by atoms with Crippen molar-refractivity contribution in [2.45, 2.75) is 45.6 Å². The molecule has 102 valence electrons. The monoisotopic (exact) mass is 320 g/mol. The molecule has 0 bridgehead atoms. The molecule has 1 aromatic carbocycles. The largest absolute Gasteiger partial charge is 0.366 e. The van der Waals surface area contributed by atoms with Gasteiger partial charge in [-0.05, 0) is 63.3 Å². The first-order chi connectivity index (χ1) is 8.94. The summed E-state index contributed by atoms with van der Waals surface area (Å²) in [5.74, 6) is 0.548. The van der Waals surface area contributed by atoms with E-state index in [2.05, 4.69) is 65.9 Å². The van der Waals surface area contributed by atoms with E-state index in [1.54, 1.807) is 0 Å². The Balaban J connectivity index is 2.24. The normalized spacial score (nSPS) is 22.1. The van der Waals surface area contributed by atoms with Crippen LogP contribution < -0.4 is 4.90 Å². The molecule has 0 N–H and O–H groups in total. The van der Waals surface area contributed by atoms with E-state index in [0.29, 0.717) is 12.3 Å². The highest BCUT2D eigenvalue weighted by molar-refractivity contribution is 9.10. The summed E-state index contributed by atoms with van der Waals surface area (Å²) < 4.78 is 1.13. The first-order valence-electron chi connectivity index (χ1n) is 6.85. The van der Waals surface area contributed by atoms with Crippen LogP contribution in [0.2, 0.25) is 0 Å². The average Bonchev–Trinajstić information content (AvgIpc) is 2.30. The average molecular weight is 321 g/mol. The Morgan fingerprint density at radius 1 is 1.47 bits per heavy atom. The van der Waals surface area contributed by atoms with Gasteiger partial charge in [-0.1, -0.05) is 15.9 Å². The molecule has 19 heavy (non-hydrogen) atoms. The van der Waals surface area contributed by atoms with Crippen LogP contribution in [-0.2, 0) is 0 Å². The molecular formula is C16H21BrN2. The van der Waals surface area contributed by atoms with Crippen molar-refractivity contribution in [3.63, 3.8) is 0 Å². The second-order valence-corrected chi connectivity index (χ2v) is 7.03. The molecule has 1 heterocycles. The fourth-order valence-corrected chi connectivity index (χ4v) is 3.68. The van der Waals surface area contributed by atoms with Gasteiger partial charge >= 0.3 is 0 Å². The van der Waals surface area contributed by atoms with Gasteiger partial charge in [0.05, 0.1) is 6.07 Å². The zero-order valence-electron chi connectivity index (χ0n) is 11.9. The number of halogens is 1. The van der Waals surface area contributed by atoms with E-state index in [1.165, 1.54) is 11.3 Å². The molecule has 1 aliphatic heterocycles. The van der Waals surface area contributed by atoms with Crippen LogP contribution in [0.5, 0.6) is 0 Å². The fourth-order valence-electron chi connectivity index (χ4n) is 3.20. The third-order valence-corrected chi connectivity index (χ3v) is 4.60. The number of piperidine rings is 1. The first kappa shape index (κ1) is 14.4. The number of benzene rings is 1. The first-order valence-corrected chi connectivity index (χ1v) is 7.64. The maximum absolute atomic E-state index is 8.88. The second-order valence-electron chi connectivity index (χ2n) is 6.12. The SMILES string of the molecule is Cc1cc(Br)ccc1N1CCC(CC#N)CC1(C)C. The highest BCUT2D eigenvalue weighted by Crippen LogP contribution is 2.38. The number of hydrogen-bond acceptors (Lipinski definition) is 2. The van der Waals surface area contributed by atoms with Gasteiger partial charge in [-0.25, -0.2) is 0 Å². The molecule has 0 spiro atoms. The van der Waals surface area contributed by atoms with Crippen molar-refractivity contribution in [1.29, 1.82) is 5.26 Å². The standard InChI is InChI=1S/C16H21BrN2/c1-12-10-14(17)4-5-15(12)19-9-7-13(6-8-18)11-16(19,2)3/h4-5,10,13H,6-7,9,11H2,1-3H3. The molecule has 1 aromatic rings. The summed E-state index contributed by atoms with van der Waals surface area (Å²) >= 11 is 3.52. The Labute approximate surface area is 124 Å². The zero-order valence-corrected chi connectivity index (χ0v) is 13.5. The van der Waals surface area contributed by atoms with Crippen molar-refractivity contribution >= 4 is 21.6 Å². The Morgan fingerprint density at radius 3 is 2.79 bits per heavy atom. The molecule has 0 saturated carbocycles. The summed E-state index contributed by atoms with van der Waals surface area (Å²) in [6.45, 7) is 7.79. The molecule has 0 amide bonds. The van der Waals surface area contributed by atoms with E-state index in [9.17, 15) is 0 Å². The predicted molar refractivity (Wildman–Crippen MR) is 83.3 cm³/mol. The van der Waals surface area contributed by atoms with Crippen molar-refractivity contribution in [2.75, 3.05) is 11.4 Å². The van der Waals surface area contributed by atoms with Gasteiger partial charge in [0.25, 0.3) is 0 Å². The maximum atomic E-state index is 8.88. The molecular weight excluding hydrogens is 300 g/mol. The molecule has 1 fully saturated rings. The van der Waals surface area contributed by atoms with Crippen LogP contribution in [0, 0.1) is 24.2 Å². The van der Waals surface area contributed by atoms with Crippen LogP contribution in [0.3, 0.4) is 0 Å². The van der Waals surface area contributed by atoms with Crippen LogP contribution in [-0.4, -0.2) is 12.1 Å². The van der Waals surface area contributed by atoms with Gasteiger partial charge in [0, 0.05) is 28.7 Å². The molecule has 1 atom stereocenters. The number of nitrogens with zero attached hydrogens (tertiary/aromatic N) is 2. The van der Waals surface area contributed by atoms with Crippen LogP contribution in [0.25, 0.3) is 0 Å². The summed E-state index contributed by atoms with van der Waals surface area (Å²) in [4.78, 5) is 2.50. The van der Waals surface area contributed by atoms with Gasteiger partial charge < -0.3 is 4.90 Å². The van der Waals surface area contributed by atoms with Crippen LogP contribution in [0.15, 0.2) is 22.7 Å². The van der Waals surface area contributed by atoms with Gasteiger partial charge in [0.2, 0.25) is 0 Å². The number of hydrogen-bond donors (Lipinski definition) is 0. The summed E-state index contributed by atoms with van der Waals surface area (Å²) in [6, 6.07) is 8.81. The minimum atomic E-state index is 0.123. The lowest BCUT2D eigenvalue weighted by atomic mass is 9.80. The Morgan fingerprint density at radius 2 is 2.21 bits per heavy atom. The third kappa shape index (κ3) is 3.12. The van der Waals surface area contributed by atoms with E-state index < -0.39 is 0 Å². The minimum Gasteiger partial charge on any atom is -0.366 e. The number of nitriles is 1. The molecule has 0 aliphatic carbocycles. The smallest absolute Gasteiger partial charge is 0.0624 e. The highest BCUT2D eigenvalue weighted by Gasteiger charge is 2.35. The molecule has 1 saturated heterocycles. The highest BCUT2D eigenvalue weighted by atomic mass is 79.9. The zero-order chi connectivity index (χ0) is 14.0. The Kier molecular flexibility index (Phi) is 4.20. The van der Waals surface area contributed by atoms with E-state index in [-0.39, 0.29) is 5.54 Å². The summed E-state index contributed by atoms with van der Waals surface area (Å²) in [6.07, 6.45) is 2.90. The summed E-state index contributed by atoms with van der Waals surface area (Å²) in [7, 11) is 0. The van der Waals surface area contributed by atoms with Crippen molar-refractivity contribution in [3.05, 3.63) is 28.2 Å². The maximum Gasteiger partial charge on any atom is 0.0624 e. The van der Waals surface area contributed by atoms with Crippen LogP contribution in [0.1, 0.15) is 38.7 Å². The van der Waals surface area contributed by atoms with Crippen LogP contribution >= 0.6 is 15.9 Å². The molecule has 2 rings (SSSR count). The van der Waals surface area contributed by atoms with E-state index in [0.717, 1.165) is 23.9 Å². The van der Waals surface area contributed by atoms with Crippen LogP contribution in [0.4, 0.5) is 5.69 Å². The molecule has 1 aliphatic rings. The minimum absolute atomic E-state index is 0.123. The Bertz CT molecular complexity index is 502.